The summed E-state index contributed by atoms with van der Waals surface area (Å²) >= 11 is 6.06. The van der Waals surface area contributed by atoms with Gasteiger partial charge in [-0.3, -0.25) is 4.90 Å². The summed E-state index contributed by atoms with van der Waals surface area (Å²) in [5, 5.41) is 4.27. The van der Waals surface area contributed by atoms with Crippen molar-refractivity contribution in [2.75, 3.05) is 13.1 Å². The molecule has 0 aliphatic carbocycles. The fourth-order valence-electron chi connectivity index (χ4n) is 2.62. The van der Waals surface area contributed by atoms with Crippen molar-refractivity contribution in [1.82, 2.24) is 19.8 Å². The molecule has 1 fully saturated rings. The SMILES string of the molecule is CC(C)NCC1CCCCN1Cc1ncc(Cl)n1C. The van der Waals surface area contributed by atoms with Crippen LogP contribution in [-0.4, -0.2) is 39.6 Å². The number of hydrogen-bond donors (Lipinski definition) is 1. The summed E-state index contributed by atoms with van der Waals surface area (Å²) < 4.78 is 1.98. The van der Waals surface area contributed by atoms with Crippen LogP contribution in [-0.2, 0) is 13.6 Å². The maximum Gasteiger partial charge on any atom is 0.128 e. The zero-order valence-corrected chi connectivity index (χ0v) is 13.0. The summed E-state index contributed by atoms with van der Waals surface area (Å²) in [7, 11) is 1.98. The largest absolute Gasteiger partial charge is 0.321 e. The molecule has 4 nitrogen and oxygen atoms in total. The van der Waals surface area contributed by atoms with E-state index in [1.54, 1.807) is 6.20 Å². The minimum absolute atomic E-state index is 0.548. The Balaban J connectivity index is 1.97. The van der Waals surface area contributed by atoms with Crippen molar-refractivity contribution in [3.8, 4) is 0 Å². The van der Waals surface area contributed by atoms with Gasteiger partial charge in [0.2, 0.25) is 0 Å². The van der Waals surface area contributed by atoms with Gasteiger partial charge in [-0.25, -0.2) is 4.98 Å². The van der Waals surface area contributed by atoms with Gasteiger partial charge < -0.3 is 9.88 Å². The molecule has 2 heterocycles. The molecular formula is C14H25ClN4. The Kier molecular flexibility index (Phi) is 5.25. The minimum atomic E-state index is 0.548. The highest BCUT2D eigenvalue weighted by molar-refractivity contribution is 6.29. The highest BCUT2D eigenvalue weighted by atomic mass is 35.5. The molecule has 1 aromatic heterocycles. The first-order valence-electron chi connectivity index (χ1n) is 7.21. The van der Waals surface area contributed by atoms with Crippen molar-refractivity contribution >= 4 is 11.6 Å². The molecule has 0 spiro atoms. The summed E-state index contributed by atoms with van der Waals surface area (Å²) in [6, 6.07) is 1.16. The van der Waals surface area contributed by atoms with E-state index in [9.17, 15) is 0 Å². The first kappa shape index (κ1) is 14.8. The van der Waals surface area contributed by atoms with Crippen LogP contribution < -0.4 is 5.32 Å². The van der Waals surface area contributed by atoms with Gasteiger partial charge in [0.05, 0.1) is 12.7 Å². The number of hydrogen-bond acceptors (Lipinski definition) is 3. The summed E-state index contributed by atoms with van der Waals surface area (Å²) in [6.45, 7) is 7.52. The molecule has 19 heavy (non-hydrogen) atoms. The predicted octanol–water partition coefficient (Wildman–Crippen LogP) is 2.43. The van der Waals surface area contributed by atoms with Crippen LogP contribution in [0.25, 0.3) is 0 Å². The third-order valence-corrected chi connectivity index (χ3v) is 4.23. The lowest BCUT2D eigenvalue weighted by Crippen LogP contribution is -2.46. The number of nitrogens with zero attached hydrogens (tertiary/aromatic N) is 3. The number of nitrogens with one attached hydrogen (secondary N) is 1. The normalized spacial score (nSPS) is 21.2. The molecule has 108 valence electrons. The Morgan fingerprint density at radius 3 is 2.89 bits per heavy atom. The third kappa shape index (κ3) is 3.94. The standard InChI is InChI=1S/C14H25ClN4/c1-11(2)16-8-12-6-4-5-7-19(12)10-14-17-9-13(15)18(14)3/h9,11-12,16H,4-8,10H2,1-3H3. The van der Waals surface area contributed by atoms with Crippen LogP contribution in [0, 0.1) is 0 Å². The molecule has 1 aliphatic heterocycles. The van der Waals surface area contributed by atoms with Crippen LogP contribution in [0.1, 0.15) is 38.9 Å². The summed E-state index contributed by atoms with van der Waals surface area (Å²) in [4.78, 5) is 6.95. The molecule has 5 heteroatoms. The van der Waals surface area contributed by atoms with Crippen molar-refractivity contribution in [3.05, 3.63) is 17.2 Å². The number of imidazole rings is 1. The van der Waals surface area contributed by atoms with Gasteiger partial charge in [-0.2, -0.15) is 0 Å². The van der Waals surface area contributed by atoms with Gasteiger partial charge in [0, 0.05) is 25.7 Å². The van der Waals surface area contributed by atoms with E-state index in [4.69, 9.17) is 11.6 Å². The summed E-state index contributed by atoms with van der Waals surface area (Å²) in [5.41, 5.74) is 0. The van der Waals surface area contributed by atoms with Gasteiger partial charge in [-0.1, -0.05) is 31.9 Å². The lowest BCUT2D eigenvalue weighted by molar-refractivity contribution is 0.131. The Labute approximate surface area is 121 Å². The zero-order valence-electron chi connectivity index (χ0n) is 12.2. The van der Waals surface area contributed by atoms with Crippen LogP contribution in [0.2, 0.25) is 5.15 Å². The molecule has 1 N–H and O–H groups in total. The maximum absolute atomic E-state index is 6.06. The second kappa shape index (κ2) is 6.73. The highest BCUT2D eigenvalue weighted by Gasteiger charge is 2.23. The predicted molar refractivity (Wildman–Crippen MR) is 79.4 cm³/mol. The van der Waals surface area contributed by atoms with Crippen molar-refractivity contribution in [2.24, 2.45) is 7.05 Å². The summed E-state index contributed by atoms with van der Waals surface area (Å²) in [6.07, 6.45) is 5.64. The third-order valence-electron chi connectivity index (χ3n) is 3.88. The molecule has 0 aromatic carbocycles. The van der Waals surface area contributed by atoms with Gasteiger partial charge in [0.1, 0.15) is 11.0 Å². The van der Waals surface area contributed by atoms with Crippen LogP contribution in [0.5, 0.6) is 0 Å². The smallest absolute Gasteiger partial charge is 0.128 e. The van der Waals surface area contributed by atoms with Crippen LogP contribution in [0.4, 0.5) is 0 Å². The average molecular weight is 285 g/mol. The first-order chi connectivity index (χ1) is 9.08. The monoisotopic (exact) mass is 284 g/mol. The van der Waals surface area contributed by atoms with Crippen molar-refractivity contribution < 1.29 is 0 Å². The Morgan fingerprint density at radius 2 is 2.26 bits per heavy atom. The molecule has 1 aliphatic rings. The van der Waals surface area contributed by atoms with Crippen LogP contribution in [0.15, 0.2) is 6.20 Å². The molecule has 0 amide bonds. The molecule has 2 rings (SSSR count). The van der Waals surface area contributed by atoms with E-state index in [2.05, 4.69) is 29.0 Å². The van der Waals surface area contributed by atoms with Crippen LogP contribution >= 0.6 is 11.6 Å². The van der Waals surface area contributed by atoms with Gasteiger partial charge in [0.25, 0.3) is 0 Å². The Hall–Kier alpha value is -0.580. The Morgan fingerprint density at radius 1 is 1.47 bits per heavy atom. The number of rotatable bonds is 5. The lowest BCUT2D eigenvalue weighted by Gasteiger charge is -2.36. The van der Waals surface area contributed by atoms with E-state index in [1.165, 1.54) is 19.3 Å². The van der Waals surface area contributed by atoms with Gasteiger partial charge >= 0.3 is 0 Å². The number of likely N-dealkylation sites (tertiary alicyclic amines) is 1. The highest BCUT2D eigenvalue weighted by Crippen LogP contribution is 2.20. The molecule has 0 radical (unpaired) electrons. The van der Waals surface area contributed by atoms with E-state index in [-0.39, 0.29) is 0 Å². The number of aromatic nitrogens is 2. The van der Waals surface area contributed by atoms with Crippen molar-refractivity contribution in [1.29, 1.82) is 0 Å². The minimum Gasteiger partial charge on any atom is -0.321 e. The second-order valence-corrected chi connectivity index (χ2v) is 6.13. The van der Waals surface area contributed by atoms with E-state index < -0.39 is 0 Å². The van der Waals surface area contributed by atoms with Crippen molar-refractivity contribution in [2.45, 2.75) is 51.7 Å². The molecule has 0 bridgehead atoms. The number of piperidine rings is 1. The van der Waals surface area contributed by atoms with E-state index >= 15 is 0 Å². The molecule has 0 saturated carbocycles. The molecule has 1 unspecified atom stereocenters. The molecular weight excluding hydrogens is 260 g/mol. The number of halogens is 1. The molecule has 1 atom stereocenters. The van der Waals surface area contributed by atoms with E-state index in [0.717, 1.165) is 25.5 Å². The fourth-order valence-corrected chi connectivity index (χ4v) is 2.77. The van der Waals surface area contributed by atoms with E-state index in [0.29, 0.717) is 17.2 Å². The van der Waals surface area contributed by atoms with Gasteiger partial charge in [-0.05, 0) is 19.4 Å². The first-order valence-corrected chi connectivity index (χ1v) is 7.59. The van der Waals surface area contributed by atoms with E-state index in [1.807, 2.05) is 11.6 Å². The Bertz CT molecular complexity index is 402. The quantitative estimate of drug-likeness (QED) is 0.901. The molecule has 1 saturated heterocycles. The van der Waals surface area contributed by atoms with Gasteiger partial charge in [-0.15, -0.1) is 0 Å². The average Bonchev–Trinajstić information content (AvgIpc) is 2.70. The van der Waals surface area contributed by atoms with Crippen molar-refractivity contribution in [3.63, 3.8) is 0 Å². The van der Waals surface area contributed by atoms with Gasteiger partial charge in [0.15, 0.2) is 0 Å². The topological polar surface area (TPSA) is 33.1 Å². The second-order valence-electron chi connectivity index (χ2n) is 5.74. The molecule has 1 aromatic rings. The lowest BCUT2D eigenvalue weighted by atomic mass is 10.0. The summed E-state index contributed by atoms with van der Waals surface area (Å²) in [5.74, 6) is 1.06. The fraction of sp³-hybridized carbons (Fsp3) is 0.786. The maximum atomic E-state index is 6.06. The zero-order chi connectivity index (χ0) is 13.8. The van der Waals surface area contributed by atoms with Crippen LogP contribution in [0.3, 0.4) is 0 Å².